The number of H-pyrrole nitrogens is 1. The average Bonchev–Trinajstić information content (AvgIpc) is 2.95. The van der Waals surface area contributed by atoms with Crippen LogP contribution >= 0.6 is 0 Å². The summed E-state index contributed by atoms with van der Waals surface area (Å²) in [5.74, 6) is -0.341. The van der Waals surface area contributed by atoms with Crippen LogP contribution in [0.25, 0.3) is 10.9 Å². The third-order valence-corrected chi connectivity index (χ3v) is 6.30. The molecule has 0 saturated heterocycles. The highest BCUT2D eigenvalue weighted by atomic mass is 28.3. The first-order valence-electron chi connectivity index (χ1n) is 9.63. The average molecular weight is 405 g/mol. The molecule has 6 nitrogen and oxygen atoms in total. The van der Waals surface area contributed by atoms with E-state index in [1.54, 1.807) is 6.07 Å². The summed E-state index contributed by atoms with van der Waals surface area (Å²) in [6, 6.07) is 5.71. The number of methoxy groups -OCH3 is 1. The number of para-hydroxylation sites is 1. The van der Waals surface area contributed by atoms with E-state index in [1.165, 1.54) is 18.0 Å². The highest BCUT2D eigenvalue weighted by molar-refractivity contribution is 6.88. The largest absolute Gasteiger partial charge is 0.465 e. The van der Waals surface area contributed by atoms with Gasteiger partial charge < -0.3 is 19.8 Å². The number of ether oxygens (including phenoxy) is 2. The topological polar surface area (TPSA) is 80.4 Å². The minimum Gasteiger partial charge on any atom is -0.465 e. The molecule has 0 aliphatic carbocycles. The number of alkyl carbamates (subject to hydrolysis) is 1. The number of aromatic amines is 1. The van der Waals surface area contributed by atoms with Crippen molar-refractivity contribution < 1.29 is 19.1 Å². The van der Waals surface area contributed by atoms with Crippen molar-refractivity contribution in [2.24, 2.45) is 0 Å². The minimum absolute atomic E-state index is 0.341. The first-order chi connectivity index (χ1) is 12.9. The molecule has 2 aromatic rings. The molecule has 0 atom stereocenters. The summed E-state index contributed by atoms with van der Waals surface area (Å²) in [6.07, 6.45) is 1.19. The summed E-state index contributed by atoms with van der Waals surface area (Å²) >= 11 is 0. The van der Waals surface area contributed by atoms with E-state index in [-0.39, 0.29) is 5.97 Å². The highest BCUT2D eigenvalue weighted by Gasteiger charge is 2.26. The predicted octanol–water partition coefficient (Wildman–Crippen LogP) is 3.96. The van der Waals surface area contributed by atoms with Crippen molar-refractivity contribution in [1.82, 2.24) is 10.3 Å². The fraction of sp³-hybridized carbons (Fsp3) is 0.524. The summed E-state index contributed by atoms with van der Waals surface area (Å²) < 4.78 is 10.2. The Hall–Kier alpha value is -2.28. The summed E-state index contributed by atoms with van der Waals surface area (Å²) in [7, 11) is -0.267. The summed E-state index contributed by atoms with van der Waals surface area (Å²) in [4.78, 5) is 27.5. The van der Waals surface area contributed by atoms with Gasteiger partial charge in [0.1, 0.15) is 5.60 Å². The molecule has 0 fully saturated rings. The number of rotatable bonds is 6. The molecule has 154 valence electrons. The van der Waals surface area contributed by atoms with Gasteiger partial charge in [-0.3, -0.25) is 0 Å². The van der Waals surface area contributed by atoms with Gasteiger partial charge in [0.05, 0.1) is 26.3 Å². The Morgan fingerprint density at radius 1 is 1.18 bits per heavy atom. The van der Waals surface area contributed by atoms with Gasteiger partial charge >= 0.3 is 12.1 Å². The molecule has 7 heteroatoms. The van der Waals surface area contributed by atoms with Crippen LogP contribution in [0.2, 0.25) is 19.6 Å². The Morgan fingerprint density at radius 3 is 2.43 bits per heavy atom. The second-order valence-corrected chi connectivity index (χ2v) is 14.0. The van der Waals surface area contributed by atoms with Crippen LogP contribution in [0.1, 0.15) is 43.1 Å². The molecule has 0 aliphatic rings. The number of aryl methyl sites for hydroxylation is 1. The van der Waals surface area contributed by atoms with Crippen molar-refractivity contribution in [3.8, 4) is 0 Å². The Kier molecular flexibility index (Phi) is 6.59. The molecule has 0 radical (unpaired) electrons. The third kappa shape index (κ3) is 5.38. The van der Waals surface area contributed by atoms with Crippen molar-refractivity contribution in [2.75, 3.05) is 13.7 Å². The number of carbonyl (C=O) groups excluding carboxylic acids is 2. The number of hydrogen-bond acceptors (Lipinski definition) is 4. The summed E-state index contributed by atoms with van der Waals surface area (Å²) in [5.41, 5.74) is 2.11. The summed E-state index contributed by atoms with van der Waals surface area (Å²) in [5, 5.41) is 5.10. The maximum Gasteiger partial charge on any atom is 0.407 e. The molecule has 2 N–H and O–H groups in total. The molecule has 2 rings (SSSR count). The van der Waals surface area contributed by atoms with E-state index >= 15 is 0 Å². The molecule has 0 unspecified atom stereocenters. The zero-order valence-electron chi connectivity index (χ0n) is 18.0. The summed E-state index contributed by atoms with van der Waals surface area (Å²) in [6.45, 7) is 12.9. The van der Waals surface area contributed by atoms with Gasteiger partial charge in [0.2, 0.25) is 0 Å². The Bertz CT molecular complexity index is 860. The van der Waals surface area contributed by atoms with Crippen LogP contribution in [0.5, 0.6) is 0 Å². The van der Waals surface area contributed by atoms with Gasteiger partial charge in [0.25, 0.3) is 0 Å². The SMILES string of the molecule is COC(=O)c1cccc2c(CCCNC(=O)OC(C)(C)C)c([Si](C)(C)C)[nH]c12. The second kappa shape index (κ2) is 8.39. The van der Waals surface area contributed by atoms with E-state index in [2.05, 4.69) is 29.9 Å². The van der Waals surface area contributed by atoms with Crippen LogP contribution in [0.4, 0.5) is 4.79 Å². The van der Waals surface area contributed by atoms with Gasteiger partial charge in [-0.1, -0.05) is 31.8 Å². The van der Waals surface area contributed by atoms with E-state index < -0.39 is 19.8 Å². The van der Waals surface area contributed by atoms with E-state index in [1.807, 2.05) is 32.9 Å². The Balaban J connectivity index is 2.23. The number of benzene rings is 1. The van der Waals surface area contributed by atoms with Crippen molar-refractivity contribution in [2.45, 2.75) is 58.9 Å². The second-order valence-electron chi connectivity index (χ2n) is 8.98. The minimum atomic E-state index is -1.66. The monoisotopic (exact) mass is 404 g/mol. The number of amides is 1. The molecule has 0 bridgehead atoms. The molecule has 1 amide bonds. The zero-order valence-corrected chi connectivity index (χ0v) is 19.0. The van der Waals surface area contributed by atoms with Crippen LogP contribution in [-0.2, 0) is 15.9 Å². The van der Waals surface area contributed by atoms with Gasteiger partial charge in [-0.05, 0) is 45.2 Å². The lowest BCUT2D eigenvalue weighted by Crippen LogP contribution is -2.41. The zero-order chi connectivity index (χ0) is 21.1. The standard InChI is InChI=1S/C21H32N2O4Si/c1-21(2,3)27-20(25)22-13-9-12-15-14-10-8-11-16(19(24)26-4)17(14)23-18(15)28(5,6)7/h8,10-11,23H,9,12-13H2,1-7H3,(H,22,25). The fourth-order valence-corrected chi connectivity index (χ4v) is 4.89. The number of hydrogen-bond donors (Lipinski definition) is 2. The number of esters is 1. The van der Waals surface area contributed by atoms with Crippen LogP contribution in [-0.4, -0.2) is 44.4 Å². The molecule has 28 heavy (non-hydrogen) atoms. The van der Waals surface area contributed by atoms with Gasteiger partial charge in [-0.25, -0.2) is 9.59 Å². The predicted molar refractivity (Wildman–Crippen MR) is 115 cm³/mol. The first-order valence-corrected chi connectivity index (χ1v) is 13.1. The number of aromatic nitrogens is 1. The van der Waals surface area contributed by atoms with Gasteiger partial charge in [0.15, 0.2) is 0 Å². The lowest BCUT2D eigenvalue weighted by molar-refractivity contribution is 0.0526. The molecular weight excluding hydrogens is 372 g/mol. The van der Waals surface area contributed by atoms with Crippen LogP contribution < -0.4 is 10.6 Å². The van der Waals surface area contributed by atoms with E-state index in [4.69, 9.17) is 9.47 Å². The maximum atomic E-state index is 12.2. The highest BCUT2D eigenvalue weighted by Crippen LogP contribution is 2.24. The molecular formula is C21H32N2O4Si. The van der Waals surface area contributed by atoms with Crippen LogP contribution in [0, 0.1) is 0 Å². The van der Waals surface area contributed by atoms with E-state index in [9.17, 15) is 9.59 Å². The first kappa shape index (κ1) is 22.0. The molecule has 1 aromatic heterocycles. The van der Waals surface area contributed by atoms with Crippen LogP contribution in [0.15, 0.2) is 18.2 Å². The fourth-order valence-electron chi connectivity index (χ4n) is 3.22. The quantitative estimate of drug-likeness (QED) is 0.434. The van der Waals surface area contributed by atoms with E-state index in [0.29, 0.717) is 12.1 Å². The Labute approximate surface area is 168 Å². The number of carbonyl (C=O) groups is 2. The maximum absolute atomic E-state index is 12.2. The smallest absolute Gasteiger partial charge is 0.407 e. The van der Waals surface area contributed by atoms with Gasteiger partial charge in [-0.15, -0.1) is 0 Å². The molecule has 0 saturated carbocycles. The van der Waals surface area contributed by atoms with Crippen molar-refractivity contribution >= 4 is 36.4 Å². The normalized spacial score (nSPS) is 12.1. The van der Waals surface area contributed by atoms with Crippen molar-refractivity contribution in [3.05, 3.63) is 29.3 Å². The van der Waals surface area contributed by atoms with Crippen molar-refractivity contribution in [1.29, 1.82) is 0 Å². The lowest BCUT2D eigenvalue weighted by Gasteiger charge is -2.20. The molecule has 1 aromatic carbocycles. The molecule has 0 aliphatic heterocycles. The van der Waals surface area contributed by atoms with Gasteiger partial charge in [0, 0.05) is 17.2 Å². The van der Waals surface area contributed by atoms with Crippen LogP contribution in [0.3, 0.4) is 0 Å². The molecule has 1 heterocycles. The Morgan fingerprint density at radius 2 is 1.86 bits per heavy atom. The third-order valence-electron chi connectivity index (χ3n) is 4.37. The number of nitrogens with one attached hydrogen (secondary N) is 2. The van der Waals surface area contributed by atoms with Gasteiger partial charge in [-0.2, -0.15) is 0 Å². The lowest BCUT2D eigenvalue weighted by atomic mass is 10.1. The molecule has 0 spiro atoms. The van der Waals surface area contributed by atoms with E-state index in [0.717, 1.165) is 23.7 Å². The number of fused-ring (bicyclic) bond motifs is 1. The van der Waals surface area contributed by atoms with Crippen molar-refractivity contribution in [3.63, 3.8) is 0 Å².